The van der Waals surface area contributed by atoms with Gasteiger partial charge in [-0.15, -0.1) is 0 Å². The van der Waals surface area contributed by atoms with E-state index in [2.05, 4.69) is 21.2 Å². The molecular formula is C19H20BrNO4. The molecule has 0 amide bonds. The molecule has 1 aliphatic rings. The number of ether oxygens (including phenoxy) is 1. The van der Waals surface area contributed by atoms with E-state index in [4.69, 9.17) is 4.74 Å². The van der Waals surface area contributed by atoms with Crippen LogP contribution in [0.5, 0.6) is 0 Å². The zero-order chi connectivity index (χ0) is 18.9. The summed E-state index contributed by atoms with van der Waals surface area (Å²) >= 11 is 3.20. The zero-order valence-corrected chi connectivity index (χ0v) is 16.4. The summed E-state index contributed by atoms with van der Waals surface area (Å²) < 4.78 is 5.51. The van der Waals surface area contributed by atoms with Crippen LogP contribution in [-0.2, 0) is 14.3 Å². The maximum Gasteiger partial charge on any atom is 0.338 e. The molecule has 1 aromatic rings. The fraction of sp³-hybridized carbons (Fsp3) is 0.316. The van der Waals surface area contributed by atoms with Gasteiger partial charge >= 0.3 is 5.97 Å². The number of hydrogen-bond acceptors (Lipinski definition) is 5. The smallest absolute Gasteiger partial charge is 0.338 e. The number of hydrogen-bond donors (Lipinski definition) is 1. The quantitative estimate of drug-likeness (QED) is 0.603. The van der Waals surface area contributed by atoms with Crippen LogP contribution in [0, 0.1) is 0 Å². The number of carbonyl (C=O) groups is 3. The summed E-state index contributed by atoms with van der Waals surface area (Å²) in [6.45, 7) is 8.66. The van der Waals surface area contributed by atoms with Crippen molar-refractivity contribution in [2.24, 2.45) is 0 Å². The van der Waals surface area contributed by atoms with E-state index in [1.807, 2.05) is 0 Å². The van der Waals surface area contributed by atoms with E-state index >= 15 is 0 Å². The molecule has 0 fully saturated rings. The largest absolute Gasteiger partial charge is 0.456 e. The van der Waals surface area contributed by atoms with E-state index in [0.29, 0.717) is 22.4 Å². The average molecular weight is 406 g/mol. The SMILES string of the molecule is CC1=C(C)C(=O)C(Nc2ccc(C(=O)OC(C)(C)C)cc2)=C(Br)C1=O. The van der Waals surface area contributed by atoms with Crippen LogP contribution in [0.1, 0.15) is 45.0 Å². The third-order valence-corrected chi connectivity index (χ3v) is 4.44. The van der Waals surface area contributed by atoms with Crippen molar-refractivity contribution in [2.45, 2.75) is 40.2 Å². The first kappa shape index (κ1) is 19.1. The number of halogens is 1. The van der Waals surface area contributed by atoms with Gasteiger partial charge in [0.2, 0.25) is 5.78 Å². The van der Waals surface area contributed by atoms with Gasteiger partial charge < -0.3 is 10.1 Å². The molecule has 1 aromatic carbocycles. The van der Waals surface area contributed by atoms with E-state index in [-0.39, 0.29) is 21.7 Å². The number of Topliss-reactive ketones (excluding diaryl/α,β-unsaturated/α-hetero) is 2. The first-order chi connectivity index (χ1) is 11.5. The summed E-state index contributed by atoms with van der Waals surface area (Å²) in [6.07, 6.45) is 0. The fourth-order valence-electron chi connectivity index (χ4n) is 2.19. The van der Waals surface area contributed by atoms with Gasteiger partial charge in [0.15, 0.2) is 5.78 Å². The number of allylic oxidation sites excluding steroid dienone is 3. The lowest BCUT2D eigenvalue weighted by molar-refractivity contribution is -0.115. The molecule has 0 radical (unpaired) electrons. The van der Waals surface area contributed by atoms with Crippen molar-refractivity contribution in [2.75, 3.05) is 5.32 Å². The van der Waals surface area contributed by atoms with Gasteiger partial charge in [0.1, 0.15) is 11.3 Å². The molecule has 1 N–H and O–H groups in total. The van der Waals surface area contributed by atoms with Crippen LogP contribution in [0.15, 0.2) is 45.6 Å². The van der Waals surface area contributed by atoms with Gasteiger partial charge in [-0.3, -0.25) is 9.59 Å². The number of esters is 1. The molecule has 0 saturated heterocycles. The van der Waals surface area contributed by atoms with Gasteiger partial charge in [-0.2, -0.15) is 0 Å². The Bertz CT molecular complexity index is 811. The van der Waals surface area contributed by atoms with Crippen molar-refractivity contribution in [1.29, 1.82) is 0 Å². The Labute approximate surface area is 155 Å². The molecule has 0 spiro atoms. The Hall–Kier alpha value is -2.21. The van der Waals surface area contributed by atoms with Gasteiger partial charge in [0.05, 0.1) is 10.0 Å². The van der Waals surface area contributed by atoms with Gasteiger partial charge in [0.25, 0.3) is 0 Å². The molecule has 132 valence electrons. The molecule has 0 heterocycles. The fourth-order valence-corrected chi connectivity index (χ4v) is 2.77. The molecule has 0 aromatic heterocycles. The predicted molar refractivity (Wildman–Crippen MR) is 99.6 cm³/mol. The first-order valence-electron chi connectivity index (χ1n) is 7.78. The maximum atomic E-state index is 12.4. The van der Waals surface area contributed by atoms with E-state index in [1.165, 1.54) is 0 Å². The molecule has 25 heavy (non-hydrogen) atoms. The minimum atomic E-state index is -0.569. The second kappa shape index (κ2) is 6.96. The first-order valence-corrected chi connectivity index (χ1v) is 8.57. The highest BCUT2D eigenvalue weighted by Crippen LogP contribution is 2.29. The molecule has 0 aliphatic heterocycles. The van der Waals surface area contributed by atoms with Crippen molar-refractivity contribution in [3.05, 3.63) is 51.2 Å². The lowest BCUT2D eigenvalue weighted by Gasteiger charge is -2.20. The summed E-state index contributed by atoms with van der Waals surface area (Å²) in [7, 11) is 0. The van der Waals surface area contributed by atoms with Crippen LogP contribution in [0.4, 0.5) is 5.69 Å². The summed E-state index contributed by atoms with van der Waals surface area (Å²) in [4.78, 5) is 36.6. The lowest BCUT2D eigenvalue weighted by atomic mass is 9.95. The molecule has 5 nitrogen and oxygen atoms in total. The van der Waals surface area contributed by atoms with Crippen molar-refractivity contribution in [1.82, 2.24) is 0 Å². The Morgan fingerprint density at radius 1 is 1.00 bits per heavy atom. The Morgan fingerprint density at radius 3 is 2.04 bits per heavy atom. The van der Waals surface area contributed by atoms with Crippen LogP contribution >= 0.6 is 15.9 Å². The summed E-state index contributed by atoms with van der Waals surface area (Å²) in [6, 6.07) is 6.53. The normalized spacial score (nSPS) is 15.6. The zero-order valence-electron chi connectivity index (χ0n) is 14.8. The maximum absolute atomic E-state index is 12.4. The van der Waals surface area contributed by atoms with Gasteiger partial charge in [-0.05, 0) is 74.8 Å². The second-order valence-corrected chi connectivity index (χ2v) is 7.59. The Morgan fingerprint density at radius 2 is 1.52 bits per heavy atom. The third-order valence-electron chi connectivity index (χ3n) is 3.68. The molecule has 0 unspecified atom stereocenters. The summed E-state index contributed by atoms with van der Waals surface area (Å²) in [5.41, 5.74) is 1.47. The van der Waals surface area contributed by atoms with E-state index < -0.39 is 11.6 Å². The highest BCUT2D eigenvalue weighted by molar-refractivity contribution is 9.12. The number of nitrogens with one attached hydrogen (secondary N) is 1. The Kier molecular flexibility index (Phi) is 5.32. The second-order valence-electron chi connectivity index (χ2n) is 6.80. The highest BCUT2D eigenvalue weighted by Gasteiger charge is 2.29. The number of ketones is 2. The van der Waals surface area contributed by atoms with E-state index in [9.17, 15) is 14.4 Å². The number of rotatable bonds is 3. The topological polar surface area (TPSA) is 72.5 Å². The molecule has 2 rings (SSSR count). The van der Waals surface area contributed by atoms with Gasteiger partial charge in [-0.25, -0.2) is 4.79 Å². The van der Waals surface area contributed by atoms with Crippen molar-refractivity contribution in [3.8, 4) is 0 Å². The average Bonchev–Trinajstić information content (AvgIpc) is 2.54. The van der Waals surface area contributed by atoms with Crippen molar-refractivity contribution in [3.63, 3.8) is 0 Å². The minimum Gasteiger partial charge on any atom is -0.456 e. The van der Waals surface area contributed by atoms with Gasteiger partial charge in [-0.1, -0.05) is 0 Å². The van der Waals surface area contributed by atoms with Crippen molar-refractivity contribution >= 4 is 39.2 Å². The molecule has 1 aliphatic carbocycles. The molecule has 0 atom stereocenters. The summed E-state index contributed by atoms with van der Waals surface area (Å²) in [5, 5.41) is 2.95. The number of benzene rings is 1. The predicted octanol–water partition coefficient (Wildman–Crippen LogP) is 4.15. The summed E-state index contributed by atoms with van der Waals surface area (Å²) in [5.74, 6) is -0.872. The van der Waals surface area contributed by atoms with Crippen LogP contribution in [-0.4, -0.2) is 23.1 Å². The molecule has 0 bridgehead atoms. The van der Waals surface area contributed by atoms with E-state index in [0.717, 1.165) is 0 Å². The van der Waals surface area contributed by atoms with E-state index in [1.54, 1.807) is 58.9 Å². The van der Waals surface area contributed by atoms with Crippen molar-refractivity contribution < 1.29 is 19.1 Å². The number of carbonyl (C=O) groups excluding carboxylic acids is 3. The monoisotopic (exact) mass is 405 g/mol. The van der Waals surface area contributed by atoms with Crippen LogP contribution in [0.2, 0.25) is 0 Å². The minimum absolute atomic E-state index is 0.193. The number of anilines is 1. The lowest BCUT2D eigenvalue weighted by Crippen LogP contribution is -2.24. The van der Waals surface area contributed by atoms with Crippen LogP contribution < -0.4 is 5.32 Å². The molecule has 6 heteroatoms. The highest BCUT2D eigenvalue weighted by atomic mass is 79.9. The third kappa shape index (κ3) is 4.25. The van der Waals surface area contributed by atoms with Crippen LogP contribution in [0.25, 0.3) is 0 Å². The molecule has 0 saturated carbocycles. The van der Waals surface area contributed by atoms with Gasteiger partial charge in [0, 0.05) is 16.8 Å². The van der Waals surface area contributed by atoms with Crippen LogP contribution in [0.3, 0.4) is 0 Å². The standard InChI is InChI=1S/C19H20BrNO4/c1-10-11(2)17(23)15(14(20)16(10)22)21-13-8-6-12(7-9-13)18(24)25-19(3,4)5/h6-9,21H,1-5H3. The molecular weight excluding hydrogens is 386 g/mol. The Balaban J connectivity index is 2.21.